The van der Waals surface area contributed by atoms with Gasteiger partial charge in [-0.05, 0) is 23.8 Å². The smallest absolute Gasteiger partial charge is 0.330 e. The maximum atomic E-state index is 12.1. The largest absolute Gasteiger partial charge is 0.389 e. The fourth-order valence-corrected chi connectivity index (χ4v) is 1.91. The van der Waals surface area contributed by atoms with Crippen molar-refractivity contribution in [2.24, 2.45) is 16.6 Å². The molecule has 1 atom stereocenters. The molecule has 2 N–H and O–H groups in total. The fourth-order valence-electron chi connectivity index (χ4n) is 1.91. The Balaban J connectivity index is 2.62. The average Bonchev–Trinajstić information content (AvgIpc) is 2.30. The van der Waals surface area contributed by atoms with E-state index in [1.807, 2.05) is 13.8 Å². The lowest BCUT2D eigenvalue weighted by Crippen LogP contribution is -2.27. The summed E-state index contributed by atoms with van der Waals surface area (Å²) in [5.74, 6) is 0. The van der Waals surface area contributed by atoms with Crippen LogP contribution in [0.15, 0.2) is 0 Å². The highest BCUT2D eigenvalue weighted by Gasteiger charge is 2.63. The predicted octanol–water partition coefficient (Wildman–Crippen LogP) is 2.31. The third kappa shape index (κ3) is 1.58. The highest BCUT2D eigenvalue weighted by molar-refractivity contribution is 5.10. The topological polar surface area (TPSA) is 26.0 Å². The number of nitrogens with two attached hydrogens (primary N) is 1. The van der Waals surface area contributed by atoms with Crippen molar-refractivity contribution in [1.82, 2.24) is 0 Å². The second-order valence-corrected chi connectivity index (χ2v) is 4.34. The minimum Gasteiger partial charge on any atom is -0.330 e. The van der Waals surface area contributed by atoms with Crippen LogP contribution in [0.3, 0.4) is 0 Å². The van der Waals surface area contributed by atoms with Gasteiger partial charge in [-0.25, -0.2) is 0 Å². The van der Waals surface area contributed by atoms with E-state index in [-0.39, 0.29) is 12.0 Å². The first-order valence-electron chi connectivity index (χ1n) is 3.99. The van der Waals surface area contributed by atoms with Gasteiger partial charge in [-0.15, -0.1) is 0 Å². The van der Waals surface area contributed by atoms with Crippen LogP contribution in [-0.4, -0.2) is 12.7 Å². The van der Waals surface area contributed by atoms with Crippen LogP contribution in [0.4, 0.5) is 13.2 Å². The van der Waals surface area contributed by atoms with E-state index in [1.54, 1.807) is 0 Å². The average molecular weight is 181 g/mol. The van der Waals surface area contributed by atoms with E-state index >= 15 is 0 Å². The van der Waals surface area contributed by atoms with Crippen LogP contribution >= 0.6 is 0 Å². The Labute approximate surface area is 70.1 Å². The van der Waals surface area contributed by atoms with Crippen LogP contribution in [0.2, 0.25) is 0 Å². The van der Waals surface area contributed by atoms with Gasteiger partial charge in [0, 0.05) is 0 Å². The monoisotopic (exact) mass is 181 g/mol. The van der Waals surface area contributed by atoms with E-state index in [0.29, 0.717) is 6.42 Å². The van der Waals surface area contributed by atoms with Crippen molar-refractivity contribution in [3.8, 4) is 0 Å². The minimum atomic E-state index is -4.08. The molecule has 0 bridgehead atoms. The Morgan fingerprint density at radius 1 is 1.33 bits per heavy atom. The predicted molar refractivity (Wildman–Crippen MR) is 40.6 cm³/mol. The van der Waals surface area contributed by atoms with E-state index in [9.17, 15) is 13.2 Å². The van der Waals surface area contributed by atoms with Gasteiger partial charge in [-0.1, -0.05) is 13.8 Å². The van der Waals surface area contributed by atoms with Crippen molar-refractivity contribution >= 4 is 0 Å². The lowest BCUT2D eigenvalue weighted by Gasteiger charge is -2.19. The van der Waals surface area contributed by atoms with Gasteiger partial charge in [-0.2, -0.15) is 13.2 Å². The molecule has 1 aliphatic carbocycles. The molecule has 1 aliphatic rings. The van der Waals surface area contributed by atoms with Gasteiger partial charge in [0.15, 0.2) is 0 Å². The highest BCUT2D eigenvalue weighted by Crippen LogP contribution is 2.66. The number of alkyl halides is 3. The Hall–Kier alpha value is -0.250. The van der Waals surface area contributed by atoms with Gasteiger partial charge < -0.3 is 5.73 Å². The summed E-state index contributed by atoms with van der Waals surface area (Å²) in [4.78, 5) is 0. The summed E-state index contributed by atoms with van der Waals surface area (Å²) in [5, 5.41) is 0. The maximum Gasteiger partial charge on any atom is 0.389 e. The zero-order valence-electron chi connectivity index (χ0n) is 7.33. The molecule has 12 heavy (non-hydrogen) atoms. The summed E-state index contributed by atoms with van der Waals surface area (Å²) < 4.78 is 36.2. The van der Waals surface area contributed by atoms with Gasteiger partial charge in [-0.3, -0.25) is 0 Å². The number of rotatable bonds is 2. The Morgan fingerprint density at radius 2 is 1.75 bits per heavy atom. The third-order valence-corrected chi connectivity index (χ3v) is 3.02. The standard InChI is InChI=1S/C8H14F3N/c1-6(2)3-7(6,5-12)4-8(9,10)11/h3-5,12H2,1-2H3. The van der Waals surface area contributed by atoms with E-state index < -0.39 is 18.0 Å². The minimum absolute atomic E-state index is 0.138. The summed E-state index contributed by atoms with van der Waals surface area (Å²) in [6.45, 7) is 3.82. The van der Waals surface area contributed by atoms with Gasteiger partial charge in [0.2, 0.25) is 0 Å². The Bertz CT molecular complexity index is 185. The molecule has 1 nitrogen and oxygen atoms in total. The van der Waals surface area contributed by atoms with Crippen LogP contribution in [0, 0.1) is 10.8 Å². The zero-order valence-corrected chi connectivity index (χ0v) is 7.33. The Kier molecular flexibility index (Phi) is 1.95. The molecule has 1 rings (SSSR count). The Morgan fingerprint density at radius 3 is 1.83 bits per heavy atom. The quantitative estimate of drug-likeness (QED) is 0.695. The maximum absolute atomic E-state index is 12.1. The summed E-state index contributed by atoms with van der Waals surface area (Å²) in [6, 6.07) is 0. The van der Waals surface area contributed by atoms with Crippen molar-refractivity contribution in [3.63, 3.8) is 0 Å². The van der Waals surface area contributed by atoms with Crippen LogP contribution in [0.1, 0.15) is 26.7 Å². The molecule has 4 heteroatoms. The molecule has 0 aromatic carbocycles. The molecule has 72 valence electrons. The second-order valence-electron chi connectivity index (χ2n) is 4.34. The SMILES string of the molecule is CC1(C)CC1(CN)CC(F)(F)F. The molecule has 0 aromatic heterocycles. The summed E-state index contributed by atoms with van der Waals surface area (Å²) in [5.41, 5.74) is 4.45. The molecular weight excluding hydrogens is 167 g/mol. The lowest BCUT2D eigenvalue weighted by atomic mass is 9.92. The molecule has 0 saturated heterocycles. The fraction of sp³-hybridized carbons (Fsp3) is 1.00. The first kappa shape index (κ1) is 9.84. The van der Waals surface area contributed by atoms with Crippen molar-refractivity contribution < 1.29 is 13.2 Å². The second kappa shape index (κ2) is 2.37. The van der Waals surface area contributed by atoms with Crippen LogP contribution in [0.5, 0.6) is 0 Å². The molecule has 0 aliphatic heterocycles. The van der Waals surface area contributed by atoms with Crippen LogP contribution in [0.25, 0.3) is 0 Å². The molecule has 0 heterocycles. The van der Waals surface area contributed by atoms with Crippen LogP contribution in [-0.2, 0) is 0 Å². The molecule has 0 aromatic rings. The molecule has 0 amide bonds. The van der Waals surface area contributed by atoms with E-state index in [1.165, 1.54) is 0 Å². The van der Waals surface area contributed by atoms with Crippen molar-refractivity contribution in [2.45, 2.75) is 32.9 Å². The molecule has 1 fully saturated rings. The molecule has 0 spiro atoms. The normalized spacial score (nSPS) is 33.5. The lowest BCUT2D eigenvalue weighted by molar-refractivity contribution is -0.149. The third-order valence-electron chi connectivity index (χ3n) is 3.02. The van der Waals surface area contributed by atoms with Crippen LogP contribution < -0.4 is 5.73 Å². The van der Waals surface area contributed by atoms with E-state index in [2.05, 4.69) is 0 Å². The van der Waals surface area contributed by atoms with Crippen molar-refractivity contribution in [1.29, 1.82) is 0 Å². The van der Waals surface area contributed by atoms with Crippen molar-refractivity contribution in [2.75, 3.05) is 6.54 Å². The summed E-state index contributed by atoms with van der Waals surface area (Å²) in [7, 11) is 0. The van der Waals surface area contributed by atoms with E-state index in [0.717, 1.165) is 0 Å². The van der Waals surface area contributed by atoms with E-state index in [4.69, 9.17) is 5.73 Å². The molecule has 1 unspecified atom stereocenters. The summed E-state index contributed by atoms with van der Waals surface area (Å²) >= 11 is 0. The molecule has 0 radical (unpaired) electrons. The first-order valence-corrected chi connectivity index (χ1v) is 3.99. The van der Waals surface area contributed by atoms with Crippen molar-refractivity contribution in [3.05, 3.63) is 0 Å². The number of hydrogen-bond acceptors (Lipinski definition) is 1. The molecule has 1 saturated carbocycles. The van der Waals surface area contributed by atoms with Gasteiger partial charge in [0.25, 0.3) is 0 Å². The number of hydrogen-bond donors (Lipinski definition) is 1. The van der Waals surface area contributed by atoms with Gasteiger partial charge in [0.1, 0.15) is 0 Å². The van der Waals surface area contributed by atoms with Gasteiger partial charge in [0.05, 0.1) is 6.42 Å². The highest BCUT2D eigenvalue weighted by atomic mass is 19.4. The number of halogens is 3. The van der Waals surface area contributed by atoms with Gasteiger partial charge >= 0.3 is 6.18 Å². The first-order chi connectivity index (χ1) is 5.22. The zero-order chi connectivity index (χ0) is 9.62. The summed E-state index contributed by atoms with van der Waals surface area (Å²) in [6.07, 6.45) is -4.22. The molecular formula is C8H14F3N.